The summed E-state index contributed by atoms with van der Waals surface area (Å²) in [6.07, 6.45) is 1.38. The average Bonchev–Trinajstić information content (AvgIpc) is 2.31. The van der Waals surface area contributed by atoms with Gasteiger partial charge in [0.2, 0.25) is 0 Å². The number of aromatic nitrogens is 2. The van der Waals surface area contributed by atoms with Gasteiger partial charge in [0.1, 0.15) is 5.82 Å². The van der Waals surface area contributed by atoms with Crippen LogP contribution in [0.1, 0.15) is 21.7 Å². The minimum atomic E-state index is -0.890. The van der Waals surface area contributed by atoms with E-state index in [9.17, 15) is 14.0 Å². The minimum Gasteiger partial charge on any atom is -0.364 e. The lowest BCUT2D eigenvalue weighted by Crippen LogP contribution is -2.31. The van der Waals surface area contributed by atoms with Crippen LogP contribution >= 0.6 is 0 Å². The highest BCUT2D eigenvalue weighted by atomic mass is 19.1. The summed E-state index contributed by atoms with van der Waals surface area (Å²) in [4.78, 5) is 27.0. The van der Waals surface area contributed by atoms with Gasteiger partial charge in [-0.25, -0.2) is 9.37 Å². The number of aryl methyl sites for hydroxylation is 2. The second-order valence-electron chi connectivity index (χ2n) is 4.18. The third-order valence-corrected chi connectivity index (χ3v) is 2.77. The van der Waals surface area contributed by atoms with E-state index in [-0.39, 0.29) is 5.69 Å². The van der Waals surface area contributed by atoms with Gasteiger partial charge in [0.25, 0.3) is 11.5 Å². The van der Waals surface area contributed by atoms with E-state index in [4.69, 9.17) is 5.73 Å². The van der Waals surface area contributed by atoms with Crippen LogP contribution in [0.3, 0.4) is 0 Å². The SMILES string of the molecule is Cc1cc(F)ccc1-n1c(C)cnc(C(N)=O)c1=O. The maximum absolute atomic E-state index is 13.1. The van der Waals surface area contributed by atoms with Crippen LogP contribution in [0, 0.1) is 19.7 Å². The van der Waals surface area contributed by atoms with Crippen LogP contribution in [0.2, 0.25) is 0 Å². The van der Waals surface area contributed by atoms with Crippen LogP contribution in [0.5, 0.6) is 0 Å². The van der Waals surface area contributed by atoms with Crippen LogP contribution in [-0.4, -0.2) is 15.5 Å². The molecule has 2 N–H and O–H groups in total. The Labute approximate surface area is 108 Å². The third kappa shape index (κ3) is 2.24. The van der Waals surface area contributed by atoms with E-state index in [1.54, 1.807) is 13.8 Å². The van der Waals surface area contributed by atoms with Crippen molar-refractivity contribution in [2.75, 3.05) is 0 Å². The van der Waals surface area contributed by atoms with Crippen molar-refractivity contribution in [1.82, 2.24) is 9.55 Å². The normalized spacial score (nSPS) is 10.5. The second kappa shape index (κ2) is 4.64. The monoisotopic (exact) mass is 261 g/mol. The minimum absolute atomic E-state index is 0.339. The van der Waals surface area contributed by atoms with Gasteiger partial charge in [0.15, 0.2) is 5.69 Å². The first kappa shape index (κ1) is 12.9. The molecule has 0 aliphatic rings. The zero-order chi connectivity index (χ0) is 14.2. The highest BCUT2D eigenvalue weighted by Gasteiger charge is 2.15. The molecule has 2 aromatic rings. The average molecular weight is 261 g/mol. The molecule has 1 aromatic heterocycles. The van der Waals surface area contributed by atoms with Gasteiger partial charge in [-0.2, -0.15) is 0 Å². The lowest BCUT2D eigenvalue weighted by Gasteiger charge is -2.12. The van der Waals surface area contributed by atoms with Gasteiger partial charge in [-0.1, -0.05) is 0 Å². The largest absolute Gasteiger partial charge is 0.364 e. The molecule has 2 rings (SSSR count). The van der Waals surface area contributed by atoms with Crippen LogP contribution in [0.25, 0.3) is 5.69 Å². The number of hydrogen-bond donors (Lipinski definition) is 1. The first-order valence-electron chi connectivity index (χ1n) is 5.57. The number of carbonyl (C=O) groups is 1. The first-order valence-corrected chi connectivity index (χ1v) is 5.57. The fourth-order valence-electron chi connectivity index (χ4n) is 1.88. The number of hydrogen-bond acceptors (Lipinski definition) is 3. The van der Waals surface area contributed by atoms with Crippen LogP contribution < -0.4 is 11.3 Å². The van der Waals surface area contributed by atoms with Gasteiger partial charge in [-0.3, -0.25) is 14.2 Å². The molecule has 1 heterocycles. The van der Waals surface area contributed by atoms with Crippen LogP contribution in [0.15, 0.2) is 29.2 Å². The van der Waals surface area contributed by atoms with Gasteiger partial charge in [-0.15, -0.1) is 0 Å². The Bertz CT molecular complexity index is 722. The zero-order valence-corrected chi connectivity index (χ0v) is 10.5. The van der Waals surface area contributed by atoms with E-state index in [1.807, 2.05) is 0 Å². The van der Waals surface area contributed by atoms with E-state index in [1.165, 1.54) is 29.0 Å². The first-order chi connectivity index (χ1) is 8.91. The molecule has 0 unspecified atom stereocenters. The number of nitrogens with two attached hydrogens (primary N) is 1. The van der Waals surface area contributed by atoms with E-state index in [2.05, 4.69) is 4.98 Å². The highest BCUT2D eigenvalue weighted by molar-refractivity contribution is 5.90. The number of rotatable bonds is 2. The van der Waals surface area contributed by atoms with E-state index < -0.39 is 17.3 Å². The summed E-state index contributed by atoms with van der Waals surface area (Å²) in [5.41, 5.74) is 5.75. The van der Waals surface area contributed by atoms with Gasteiger partial charge in [0.05, 0.1) is 5.69 Å². The quantitative estimate of drug-likeness (QED) is 0.878. The Morgan fingerprint density at radius 1 is 1.37 bits per heavy atom. The Kier molecular flexibility index (Phi) is 3.16. The Balaban J connectivity index is 2.78. The Morgan fingerprint density at radius 3 is 2.63 bits per heavy atom. The maximum Gasteiger partial charge on any atom is 0.286 e. The Hall–Kier alpha value is -2.50. The zero-order valence-electron chi connectivity index (χ0n) is 10.5. The number of nitrogens with zero attached hydrogens (tertiary/aromatic N) is 2. The van der Waals surface area contributed by atoms with E-state index in [0.717, 1.165) is 0 Å². The van der Waals surface area contributed by atoms with Crippen molar-refractivity contribution in [3.05, 3.63) is 57.5 Å². The molecular weight excluding hydrogens is 249 g/mol. The summed E-state index contributed by atoms with van der Waals surface area (Å²) in [5.74, 6) is -1.28. The summed E-state index contributed by atoms with van der Waals surface area (Å²) >= 11 is 0. The summed E-state index contributed by atoms with van der Waals surface area (Å²) < 4.78 is 14.4. The molecule has 0 spiro atoms. The standard InChI is InChI=1S/C13H12FN3O2/c1-7-5-9(14)3-4-10(7)17-8(2)6-16-11(12(15)18)13(17)19/h3-6H,1-2H3,(H2,15,18). The predicted octanol–water partition coefficient (Wildman–Crippen LogP) is 1.09. The molecule has 19 heavy (non-hydrogen) atoms. The topological polar surface area (TPSA) is 78.0 Å². The number of primary amides is 1. The van der Waals surface area contributed by atoms with Crippen molar-refractivity contribution in [2.45, 2.75) is 13.8 Å². The molecule has 0 fully saturated rings. The van der Waals surface area contributed by atoms with Gasteiger partial charge in [-0.05, 0) is 37.6 Å². The molecule has 98 valence electrons. The van der Waals surface area contributed by atoms with Crippen molar-refractivity contribution in [2.24, 2.45) is 5.73 Å². The molecule has 1 aromatic carbocycles. The summed E-state index contributed by atoms with van der Waals surface area (Å²) in [6.45, 7) is 3.34. The molecule has 0 bridgehead atoms. The summed E-state index contributed by atoms with van der Waals surface area (Å²) in [6, 6.07) is 4.04. The molecule has 0 atom stereocenters. The number of halogens is 1. The number of amides is 1. The molecule has 0 saturated heterocycles. The summed E-state index contributed by atoms with van der Waals surface area (Å²) in [7, 11) is 0. The van der Waals surface area contributed by atoms with Crippen molar-refractivity contribution < 1.29 is 9.18 Å². The molecule has 6 heteroatoms. The van der Waals surface area contributed by atoms with Crippen molar-refractivity contribution in [3.8, 4) is 5.69 Å². The van der Waals surface area contributed by atoms with E-state index >= 15 is 0 Å². The number of carbonyl (C=O) groups excluding carboxylic acids is 1. The lowest BCUT2D eigenvalue weighted by molar-refractivity contribution is 0.0993. The number of benzene rings is 1. The van der Waals surface area contributed by atoms with Gasteiger partial charge < -0.3 is 5.73 Å². The van der Waals surface area contributed by atoms with Crippen molar-refractivity contribution in [3.63, 3.8) is 0 Å². The molecule has 0 aliphatic carbocycles. The smallest absolute Gasteiger partial charge is 0.286 e. The fraction of sp³-hybridized carbons (Fsp3) is 0.154. The van der Waals surface area contributed by atoms with Gasteiger partial charge in [0, 0.05) is 11.9 Å². The van der Waals surface area contributed by atoms with Crippen LogP contribution in [-0.2, 0) is 0 Å². The molecule has 0 radical (unpaired) electrons. The summed E-state index contributed by atoms with van der Waals surface area (Å²) in [5, 5.41) is 0. The van der Waals surface area contributed by atoms with Crippen molar-refractivity contribution in [1.29, 1.82) is 0 Å². The van der Waals surface area contributed by atoms with Crippen molar-refractivity contribution >= 4 is 5.91 Å². The molecule has 1 amide bonds. The highest BCUT2D eigenvalue weighted by Crippen LogP contribution is 2.15. The predicted molar refractivity (Wildman–Crippen MR) is 67.8 cm³/mol. The third-order valence-electron chi connectivity index (χ3n) is 2.77. The molecule has 0 aliphatic heterocycles. The molecule has 0 saturated carbocycles. The van der Waals surface area contributed by atoms with Gasteiger partial charge >= 0.3 is 0 Å². The second-order valence-corrected chi connectivity index (χ2v) is 4.18. The lowest BCUT2D eigenvalue weighted by atomic mass is 10.2. The van der Waals surface area contributed by atoms with Crippen LogP contribution in [0.4, 0.5) is 4.39 Å². The molecule has 5 nitrogen and oxygen atoms in total. The fourth-order valence-corrected chi connectivity index (χ4v) is 1.88. The molecular formula is C13H12FN3O2. The Morgan fingerprint density at radius 2 is 2.05 bits per heavy atom. The maximum atomic E-state index is 13.1. The van der Waals surface area contributed by atoms with E-state index in [0.29, 0.717) is 16.9 Å².